The van der Waals surface area contributed by atoms with Gasteiger partial charge in [-0.3, -0.25) is 9.69 Å². The van der Waals surface area contributed by atoms with Crippen molar-refractivity contribution in [3.05, 3.63) is 46.4 Å². The predicted octanol–water partition coefficient (Wildman–Crippen LogP) is 1.45. The largest absolute Gasteiger partial charge is 0.496 e. The van der Waals surface area contributed by atoms with Crippen molar-refractivity contribution in [2.45, 2.75) is 31.5 Å². The number of hydrogen-bond donors (Lipinski definition) is 2. The van der Waals surface area contributed by atoms with E-state index in [0.717, 1.165) is 30.8 Å². The second-order valence-electron chi connectivity index (χ2n) is 6.23. The van der Waals surface area contributed by atoms with E-state index in [1.807, 2.05) is 35.2 Å². The van der Waals surface area contributed by atoms with Crippen LogP contribution in [0.15, 0.2) is 35.2 Å². The summed E-state index contributed by atoms with van der Waals surface area (Å²) >= 11 is 1.57. The number of carbonyl (C=O) groups excluding carboxylic acids is 1. The average molecular weight is 361 g/mol. The minimum atomic E-state index is -0.575. The number of β-amino-alcohol motifs (C(OH)–C–C–N with tert-alkyl or cyclic N) is 1. The van der Waals surface area contributed by atoms with Crippen LogP contribution in [-0.2, 0) is 17.8 Å². The van der Waals surface area contributed by atoms with Gasteiger partial charge in [-0.25, -0.2) is 4.98 Å². The number of aliphatic hydroxyl groups excluding tert-OH is 1. The molecule has 2 N–H and O–H groups in total. The fourth-order valence-corrected chi connectivity index (χ4v) is 3.68. The van der Waals surface area contributed by atoms with Gasteiger partial charge in [-0.2, -0.15) is 0 Å². The van der Waals surface area contributed by atoms with E-state index in [4.69, 9.17) is 4.74 Å². The number of ether oxygens (including phenoxy) is 1. The molecule has 1 saturated heterocycles. The number of benzene rings is 1. The number of carbonyl (C=O) groups is 1. The molecule has 2 aromatic rings. The zero-order valence-electron chi connectivity index (χ0n) is 14.2. The molecule has 6 nitrogen and oxygen atoms in total. The molecule has 3 rings (SSSR count). The Labute approximate surface area is 151 Å². The molecular formula is C18H23N3O3S. The van der Waals surface area contributed by atoms with Gasteiger partial charge in [0.1, 0.15) is 5.75 Å². The number of piperidine rings is 1. The van der Waals surface area contributed by atoms with Gasteiger partial charge in [0.05, 0.1) is 36.9 Å². The zero-order chi connectivity index (χ0) is 17.6. The third-order valence-electron chi connectivity index (χ3n) is 4.43. The molecule has 1 aromatic heterocycles. The monoisotopic (exact) mass is 361 g/mol. The van der Waals surface area contributed by atoms with Crippen LogP contribution in [0.5, 0.6) is 5.75 Å². The highest BCUT2D eigenvalue weighted by atomic mass is 32.1. The fraction of sp³-hybridized carbons (Fsp3) is 0.444. The molecule has 0 aliphatic carbocycles. The van der Waals surface area contributed by atoms with Gasteiger partial charge >= 0.3 is 0 Å². The molecule has 1 aromatic carbocycles. The summed E-state index contributed by atoms with van der Waals surface area (Å²) in [6.45, 7) is 2.10. The van der Waals surface area contributed by atoms with Crippen molar-refractivity contribution in [1.82, 2.24) is 15.2 Å². The molecule has 7 heteroatoms. The van der Waals surface area contributed by atoms with E-state index in [0.29, 0.717) is 12.3 Å². The van der Waals surface area contributed by atoms with Crippen LogP contribution in [0.3, 0.4) is 0 Å². The summed E-state index contributed by atoms with van der Waals surface area (Å²) in [5, 5.41) is 15.4. The van der Waals surface area contributed by atoms with Gasteiger partial charge in [0.15, 0.2) is 0 Å². The highest BCUT2D eigenvalue weighted by Crippen LogP contribution is 2.19. The van der Waals surface area contributed by atoms with Crippen LogP contribution < -0.4 is 10.1 Å². The SMILES string of the molecule is COc1ccccc1CC(=O)N[C@@H]1CCN(Cc2cscn2)C[C@H]1O. The minimum absolute atomic E-state index is 0.0958. The molecule has 0 saturated carbocycles. The summed E-state index contributed by atoms with van der Waals surface area (Å²) in [5.74, 6) is 0.609. The van der Waals surface area contributed by atoms with E-state index in [-0.39, 0.29) is 18.4 Å². The van der Waals surface area contributed by atoms with Gasteiger partial charge in [-0.15, -0.1) is 11.3 Å². The van der Waals surface area contributed by atoms with Crippen LogP contribution in [-0.4, -0.2) is 53.2 Å². The van der Waals surface area contributed by atoms with E-state index < -0.39 is 6.10 Å². The lowest BCUT2D eigenvalue weighted by Crippen LogP contribution is -2.54. The van der Waals surface area contributed by atoms with Crippen LogP contribution in [0.2, 0.25) is 0 Å². The minimum Gasteiger partial charge on any atom is -0.496 e. The first-order chi connectivity index (χ1) is 12.2. The van der Waals surface area contributed by atoms with Crippen molar-refractivity contribution in [3.8, 4) is 5.75 Å². The maximum Gasteiger partial charge on any atom is 0.224 e. The first-order valence-corrected chi connectivity index (χ1v) is 9.28. The molecule has 2 atom stereocenters. The second kappa shape index (κ2) is 8.42. The fourth-order valence-electron chi connectivity index (χ4n) is 3.13. The summed E-state index contributed by atoms with van der Waals surface area (Å²) < 4.78 is 5.28. The van der Waals surface area contributed by atoms with E-state index >= 15 is 0 Å². The first-order valence-electron chi connectivity index (χ1n) is 8.34. The third-order valence-corrected chi connectivity index (χ3v) is 5.06. The van der Waals surface area contributed by atoms with Crippen LogP contribution in [0.4, 0.5) is 0 Å². The van der Waals surface area contributed by atoms with Gasteiger partial charge in [0.2, 0.25) is 5.91 Å². The Balaban J connectivity index is 1.50. The Morgan fingerprint density at radius 1 is 1.48 bits per heavy atom. The lowest BCUT2D eigenvalue weighted by molar-refractivity contribution is -0.122. The molecule has 1 amide bonds. The normalized spacial score (nSPS) is 21.0. The van der Waals surface area contributed by atoms with E-state index in [2.05, 4.69) is 15.2 Å². The Morgan fingerprint density at radius 3 is 3.04 bits per heavy atom. The second-order valence-corrected chi connectivity index (χ2v) is 6.95. The molecule has 0 radical (unpaired) electrons. The first kappa shape index (κ1) is 17.8. The van der Waals surface area contributed by atoms with Crippen LogP contribution in [0.1, 0.15) is 17.7 Å². The lowest BCUT2D eigenvalue weighted by atomic mass is 10.0. The van der Waals surface area contributed by atoms with Crippen LogP contribution in [0, 0.1) is 0 Å². The number of rotatable bonds is 6. The molecule has 1 fully saturated rings. The smallest absolute Gasteiger partial charge is 0.224 e. The van der Waals surface area contributed by atoms with E-state index in [1.54, 1.807) is 18.4 Å². The number of hydrogen-bond acceptors (Lipinski definition) is 6. The number of para-hydroxylation sites is 1. The van der Waals surface area contributed by atoms with Crippen molar-refractivity contribution < 1.29 is 14.6 Å². The van der Waals surface area contributed by atoms with Crippen LogP contribution >= 0.6 is 11.3 Å². The Bertz CT molecular complexity index is 693. The topological polar surface area (TPSA) is 74.7 Å². The highest BCUT2D eigenvalue weighted by molar-refractivity contribution is 7.07. The van der Waals surface area contributed by atoms with Gasteiger partial charge in [-0.1, -0.05) is 18.2 Å². The molecular weight excluding hydrogens is 338 g/mol. The summed E-state index contributed by atoms with van der Waals surface area (Å²) in [4.78, 5) is 18.8. The molecule has 2 heterocycles. The van der Waals surface area contributed by atoms with Gasteiger partial charge in [0.25, 0.3) is 0 Å². The van der Waals surface area contributed by atoms with Gasteiger partial charge < -0.3 is 15.2 Å². The van der Waals surface area contributed by atoms with Crippen molar-refractivity contribution in [2.75, 3.05) is 20.2 Å². The maximum absolute atomic E-state index is 12.3. The molecule has 134 valence electrons. The van der Waals surface area contributed by atoms with Crippen molar-refractivity contribution in [2.24, 2.45) is 0 Å². The Morgan fingerprint density at radius 2 is 2.32 bits per heavy atom. The summed E-state index contributed by atoms with van der Waals surface area (Å²) in [6.07, 6.45) is 0.396. The maximum atomic E-state index is 12.3. The average Bonchev–Trinajstić information content (AvgIpc) is 3.11. The van der Waals surface area contributed by atoms with Crippen molar-refractivity contribution in [1.29, 1.82) is 0 Å². The van der Waals surface area contributed by atoms with Crippen molar-refractivity contribution in [3.63, 3.8) is 0 Å². The number of methoxy groups -OCH3 is 1. The number of thiazole rings is 1. The number of amides is 1. The number of likely N-dealkylation sites (tertiary alicyclic amines) is 1. The number of nitrogens with zero attached hydrogens (tertiary/aromatic N) is 2. The lowest BCUT2D eigenvalue weighted by Gasteiger charge is -2.36. The third kappa shape index (κ3) is 4.78. The molecule has 25 heavy (non-hydrogen) atoms. The zero-order valence-corrected chi connectivity index (χ0v) is 15.0. The highest BCUT2D eigenvalue weighted by Gasteiger charge is 2.29. The van der Waals surface area contributed by atoms with Crippen molar-refractivity contribution >= 4 is 17.2 Å². The number of aromatic nitrogens is 1. The van der Waals surface area contributed by atoms with Gasteiger partial charge in [-0.05, 0) is 12.5 Å². The van der Waals surface area contributed by atoms with Gasteiger partial charge in [0, 0.05) is 30.6 Å². The number of aliphatic hydroxyl groups is 1. The molecule has 0 bridgehead atoms. The Kier molecular flexibility index (Phi) is 6.01. The van der Waals surface area contributed by atoms with Crippen LogP contribution in [0.25, 0.3) is 0 Å². The molecule has 0 spiro atoms. The predicted molar refractivity (Wildman–Crippen MR) is 96.6 cm³/mol. The summed E-state index contributed by atoms with van der Waals surface area (Å²) in [6, 6.07) is 7.27. The summed E-state index contributed by atoms with van der Waals surface area (Å²) in [7, 11) is 1.60. The number of nitrogens with one attached hydrogen (secondary N) is 1. The molecule has 1 aliphatic heterocycles. The Hall–Kier alpha value is -1.96. The standard InChI is InChI=1S/C18H23N3O3S/c1-24-17-5-3-2-4-13(17)8-18(23)20-15-6-7-21(10-16(15)22)9-14-11-25-12-19-14/h2-5,11-12,15-16,22H,6-10H2,1H3,(H,20,23)/t15-,16-/m1/s1. The molecule has 1 aliphatic rings. The molecule has 0 unspecified atom stereocenters. The van der Waals surface area contributed by atoms with E-state index in [9.17, 15) is 9.90 Å². The van der Waals surface area contributed by atoms with E-state index in [1.165, 1.54) is 0 Å². The quantitative estimate of drug-likeness (QED) is 0.815. The summed E-state index contributed by atoms with van der Waals surface area (Å²) in [5.41, 5.74) is 3.69.